The Morgan fingerprint density at radius 2 is 1.58 bits per heavy atom. The van der Waals surface area contributed by atoms with Crippen molar-refractivity contribution in [2.24, 2.45) is 0 Å². The van der Waals surface area contributed by atoms with Crippen LogP contribution in [0.2, 0.25) is 0 Å². The van der Waals surface area contributed by atoms with Gasteiger partial charge in [0.15, 0.2) is 15.8 Å². The van der Waals surface area contributed by atoms with E-state index in [1.165, 1.54) is 13.8 Å². The quantitative estimate of drug-likeness (QED) is 0.565. The molecule has 0 aliphatic rings. The minimum atomic E-state index is -3.67. The Kier molecular flexibility index (Phi) is 6.47. The number of carbonyl (C=O) groups is 3. The van der Waals surface area contributed by atoms with E-state index in [9.17, 15) is 27.9 Å². The molecule has 0 atom stereocenters. The van der Waals surface area contributed by atoms with Crippen LogP contribution < -0.4 is 0 Å². The molecule has 8 nitrogen and oxygen atoms in total. The highest BCUT2D eigenvalue weighted by molar-refractivity contribution is 7.90. The van der Waals surface area contributed by atoms with Crippen molar-refractivity contribution in [1.82, 2.24) is 0 Å². The van der Waals surface area contributed by atoms with E-state index in [0.717, 1.165) is 24.5 Å². The van der Waals surface area contributed by atoms with E-state index >= 15 is 0 Å². The fraction of sp³-hybridized carbons (Fsp3) is 0.400. The Morgan fingerprint density at radius 3 is 1.96 bits per heavy atom. The van der Waals surface area contributed by atoms with E-state index < -0.39 is 33.7 Å². The second kappa shape index (κ2) is 7.91. The van der Waals surface area contributed by atoms with Crippen LogP contribution in [0.5, 0.6) is 0 Å². The van der Waals surface area contributed by atoms with Crippen molar-refractivity contribution in [3.8, 4) is 0 Å². The fourth-order valence-electron chi connectivity index (χ4n) is 2.01. The lowest BCUT2D eigenvalue weighted by molar-refractivity contribution is -0.156. The molecule has 0 unspecified atom stereocenters. The van der Waals surface area contributed by atoms with Gasteiger partial charge >= 0.3 is 17.9 Å². The second-order valence-electron chi connectivity index (χ2n) is 4.76. The van der Waals surface area contributed by atoms with Crippen molar-refractivity contribution in [2.45, 2.75) is 24.7 Å². The van der Waals surface area contributed by atoms with Gasteiger partial charge in [0.25, 0.3) is 0 Å². The number of benzene rings is 1. The summed E-state index contributed by atoms with van der Waals surface area (Å²) >= 11 is 0. The van der Waals surface area contributed by atoms with Gasteiger partial charge in [-0.3, -0.25) is 9.59 Å². The average molecular weight is 358 g/mol. The maximum absolute atomic E-state index is 12.1. The number of rotatable bonds is 7. The van der Waals surface area contributed by atoms with E-state index in [-0.39, 0.29) is 29.2 Å². The van der Waals surface area contributed by atoms with Crippen molar-refractivity contribution >= 4 is 27.7 Å². The standard InChI is InChI=1S/C15H18O8S/c1-4-22-14(18)12(15(19)23-5-2)11-8-9(24(3,20)21)6-7-10(11)13(16)17/h6-8,12H,4-5H2,1-3H3,(H,16,17). The number of hydrogen-bond acceptors (Lipinski definition) is 7. The average Bonchev–Trinajstić information content (AvgIpc) is 2.46. The third-order valence-corrected chi connectivity index (χ3v) is 4.15. The Labute approximate surface area is 139 Å². The molecular weight excluding hydrogens is 340 g/mol. The molecule has 24 heavy (non-hydrogen) atoms. The molecule has 0 fully saturated rings. The summed E-state index contributed by atoms with van der Waals surface area (Å²) in [6.45, 7) is 2.96. The van der Waals surface area contributed by atoms with Gasteiger partial charge in [-0.15, -0.1) is 0 Å². The van der Waals surface area contributed by atoms with Crippen LogP contribution in [0.15, 0.2) is 23.1 Å². The van der Waals surface area contributed by atoms with Crippen molar-refractivity contribution in [3.05, 3.63) is 29.3 Å². The van der Waals surface area contributed by atoms with Gasteiger partial charge in [0.2, 0.25) is 0 Å². The van der Waals surface area contributed by atoms with Crippen LogP contribution in [0.3, 0.4) is 0 Å². The van der Waals surface area contributed by atoms with E-state index in [1.807, 2.05) is 0 Å². The number of carboxylic acids is 1. The molecule has 0 heterocycles. The molecule has 1 aromatic carbocycles. The van der Waals surface area contributed by atoms with Gasteiger partial charge in [-0.2, -0.15) is 0 Å². The summed E-state index contributed by atoms with van der Waals surface area (Å²) in [4.78, 5) is 35.4. The maximum atomic E-state index is 12.1. The lowest BCUT2D eigenvalue weighted by atomic mass is 9.94. The fourth-order valence-corrected chi connectivity index (χ4v) is 2.66. The number of carboxylic acid groups (broad SMARTS) is 1. The molecule has 0 aliphatic carbocycles. The van der Waals surface area contributed by atoms with Crippen LogP contribution in [0.25, 0.3) is 0 Å². The lowest BCUT2D eigenvalue weighted by Gasteiger charge is -2.17. The molecule has 132 valence electrons. The molecule has 0 amide bonds. The van der Waals surface area contributed by atoms with E-state index in [2.05, 4.69) is 0 Å². The van der Waals surface area contributed by atoms with Crippen molar-refractivity contribution in [2.75, 3.05) is 19.5 Å². The van der Waals surface area contributed by atoms with Gasteiger partial charge in [0.05, 0.1) is 23.7 Å². The minimum absolute atomic E-state index is 0.0388. The SMILES string of the molecule is CCOC(=O)C(C(=O)OCC)c1cc(S(C)(=O)=O)ccc1C(=O)O. The molecular formula is C15H18O8S. The van der Waals surface area contributed by atoms with Gasteiger partial charge in [0.1, 0.15) is 0 Å². The second-order valence-corrected chi connectivity index (χ2v) is 6.78. The van der Waals surface area contributed by atoms with E-state index in [1.54, 1.807) is 0 Å². The zero-order chi connectivity index (χ0) is 18.5. The van der Waals surface area contributed by atoms with Crippen molar-refractivity contribution in [3.63, 3.8) is 0 Å². The Bertz CT molecular complexity index is 733. The van der Waals surface area contributed by atoms with E-state index in [4.69, 9.17) is 9.47 Å². The van der Waals surface area contributed by atoms with Crippen LogP contribution in [-0.2, 0) is 28.9 Å². The molecule has 1 rings (SSSR count). The summed E-state index contributed by atoms with van der Waals surface area (Å²) < 4.78 is 33.0. The monoisotopic (exact) mass is 358 g/mol. The van der Waals surface area contributed by atoms with Crippen LogP contribution in [0.1, 0.15) is 35.7 Å². The van der Waals surface area contributed by atoms with Crippen LogP contribution in [-0.4, -0.2) is 50.9 Å². The summed E-state index contributed by atoms with van der Waals surface area (Å²) in [7, 11) is -3.67. The third kappa shape index (κ3) is 4.54. The Balaban J connectivity index is 3.61. The van der Waals surface area contributed by atoms with Gasteiger partial charge < -0.3 is 14.6 Å². The molecule has 1 aromatic rings. The zero-order valence-electron chi connectivity index (χ0n) is 13.4. The number of ether oxygens (including phenoxy) is 2. The number of hydrogen-bond donors (Lipinski definition) is 1. The maximum Gasteiger partial charge on any atom is 0.336 e. The third-order valence-electron chi connectivity index (χ3n) is 3.04. The molecule has 1 N–H and O–H groups in total. The van der Waals surface area contributed by atoms with Gasteiger partial charge in [-0.25, -0.2) is 13.2 Å². The van der Waals surface area contributed by atoms with E-state index in [0.29, 0.717) is 0 Å². The molecule has 0 spiro atoms. The summed E-state index contributed by atoms with van der Waals surface area (Å²) in [5, 5.41) is 9.28. The first-order valence-corrected chi connectivity index (χ1v) is 8.93. The van der Waals surface area contributed by atoms with Crippen molar-refractivity contribution < 1.29 is 37.4 Å². The van der Waals surface area contributed by atoms with Crippen LogP contribution in [0.4, 0.5) is 0 Å². The summed E-state index contributed by atoms with van der Waals surface area (Å²) in [5.74, 6) is -5.12. The van der Waals surface area contributed by atoms with Crippen molar-refractivity contribution in [1.29, 1.82) is 0 Å². The first-order chi connectivity index (χ1) is 11.1. The zero-order valence-corrected chi connectivity index (χ0v) is 14.3. The van der Waals surface area contributed by atoms with Gasteiger partial charge in [-0.1, -0.05) is 0 Å². The van der Waals surface area contributed by atoms with Crippen LogP contribution in [0, 0.1) is 0 Å². The highest BCUT2D eigenvalue weighted by atomic mass is 32.2. The van der Waals surface area contributed by atoms with Gasteiger partial charge in [0, 0.05) is 6.26 Å². The van der Waals surface area contributed by atoms with Gasteiger partial charge in [-0.05, 0) is 37.6 Å². The molecule has 0 saturated carbocycles. The summed E-state index contributed by atoms with van der Waals surface area (Å²) in [6, 6.07) is 3.10. The number of aromatic carboxylic acids is 1. The minimum Gasteiger partial charge on any atom is -0.478 e. The molecule has 0 radical (unpaired) electrons. The first kappa shape index (κ1) is 19.6. The number of sulfone groups is 1. The Morgan fingerprint density at radius 1 is 1.08 bits per heavy atom. The molecule has 0 aromatic heterocycles. The first-order valence-electron chi connectivity index (χ1n) is 7.04. The highest BCUT2D eigenvalue weighted by Crippen LogP contribution is 2.27. The predicted molar refractivity (Wildman–Crippen MR) is 82.5 cm³/mol. The summed E-state index contributed by atoms with van der Waals surface area (Å²) in [6.07, 6.45) is 0.927. The predicted octanol–water partition coefficient (Wildman–Crippen LogP) is 0.998. The summed E-state index contributed by atoms with van der Waals surface area (Å²) in [5.41, 5.74) is -0.671. The highest BCUT2D eigenvalue weighted by Gasteiger charge is 2.35. The largest absolute Gasteiger partial charge is 0.478 e. The van der Waals surface area contributed by atoms with Crippen LogP contribution >= 0.6 is 0 Å². The molecule has 0 saturated heterocycles. The Hall–Kier alpha value is -2.42. The smallest absolute Gasteiger partial charge is 0.336 e. The number of esters is 2. The topological polar surface area (TPSA) is 124 Å². The molecule has 9 heteroatoms. The lowest BCUT2D eigenvalue weighted by Crippen LogP contribution is -2.28. The molecule has 0 aliphatic heterocycles. The molecule has 0 bridgehead atoms. The normalized spacial score (nSPS) is 11.2. The number of carbonyl (C=O) groups excluding carboxylic acids is 2.